The summed E-state index contributed by atoms with van der Waals surface area (Å²) in [6, 6.07) is 13.5. The lowest BCUT2D eigenvalue weighted by molar-refractivity contribution is -0.133. The monoisotopic (exact) mass is 410 g/mol. The number of oxazole rings is 1. The zero-order valence-electron chi connectivity index (χ0n) is 15.0. The molecule has 4 aromatic rings. The molecule has 0 spiro atoms. The lowest BCUT2D eigenvalue weighted by Crippen LogP contribution is -2.40. The van der Waals surface area contributed by atoms with Crippen molar-refractivity contribution in [3.63, 3.8) is 0 Å². The SMILES string of the molecule is O=C(CCn1c(=O)oc2ccccc21)N1CCc2sccc2[C@H]1c1cccs1. The van der Waals surface area contributed by atoms with Gasteiger partial charge in [-0.15, -0.1) is 22.7 Å². The first-order valence-electron chi connectivity index (χ1n) is 9.20. The van der Waals surface area contributed by atoms with Crippen LogP contribution in [0, 0.1) is 0 Å². The van der Waals surface area contributed by atoms with Crippen LogP contribution in [-0.4, -0.2) is 21.9 Å². The van der Waals surface area contributed by atoms with Crippen molar-refractivity contribution in [2.24, 2.45) is 0 Å². The minimum atomic E-state index is -0.414. The third-order valence-corrected chi connectivity index (χ3v) is 7.14. The van der Waals surface area contributed by atoms with Gasteiger partial charge in [0, 0.05) is 29.3 Å². The van der Waals surface area contributed by atoms with Crippen molar-refractivity contribution in [1.29, 1.82) is 0 Å². The Labute approximate surface area is 169 Å². The first-order valence-corrected chi connectivity index (χ1v) is 11.0. The highest BCUT2D eigenvalue weighted by Crippen LogP contribution is 2.39. The predicted molar refractivity (Wildman–Crippen MR) is 111 cm³/mol. The molecular formula is C21H18N2O3S2. The number of hydrogen-bond donors (Lipinski definition) is 0. The third-order valence-electron chi connectivity index (χ3n) is 5.22. The fourth-order valence-corrected chi connectivity index (χ4v) is 5.67. The van der Waals surface area contributed by atoms with Crippen molar-refractivity contribution >= 4 is 39.7 Å². The van der Waals surface area contributed by atoms with Crippen LogP contribution in [0.3, 0.4) is 0 Å². The second-order valence-electron chi connectivity index (χ2n) is 6.79. The van der Waals surface area contributed by atoms with Gasteiger partial charge in [-0.2, -0.15) is 0 Å². The molecule has 1 atom stereocenters. The largest absolute Gasteiger partial charge is 0.419 e. The summed E-state index contributed by atoms with van der Waals surface area (Å²) in [5.74, 6) is -0.352. The van der Waals surface area contributed by atoms with Crippen LogP contribution < -0.4 is 5.76 Å². The van der Waals surface area contributed by atoms with Crippen LogP contribution in [0.4, 0.5) is 0 Å². The van der Waals surface area contributed by atoms with E-state index in [1.807, 2.05) is 29.2 Å². The molecule has 1 aliphatic heterocycles. The molecular weight excluding hydrogens is 392 g/mol. The van der Waals surface area contributed by atoms with E-state index < -0.39 is 5.76 Å². The van der Waals surface area contributed by atoms with E-state index in [9.17, 15) is 9.59 Å². The van der Waals surface area contributed by atoms with Gasteiger partial charge in [-0.3, -0.25) is 9.36 Å². The molecule has 0 N–H and O–H groups in total. The lowest BCUT2D eigenvalue weighted by Gasteiger charge is -2.35. The molecule has 0 unspecified atom stereocenters. The molecule has 4 heterocycles. The molecule has 1 aromatic carbocycles. The second kappa shape index (κ2) is 7.07. The van der Waals surface area contributed by atoms with Crippen molar-refractivity contribution in [1.82, 2.24) is 9.47 Å². The van der Waals surface area contributed by atoms with Crippen LogP contribution in [0.25, 0.3) is 11.1 Å². The number of rotatable bonds is 4. The molecule has 0 fully saturated rings. The topological polar surface area (TPSA) is 55.5 Å². The number of aryl methyl sites for hydroxylation is 1. The maximum Gasteiger partial charge on any atom is 0.419 e. The Morgan fingerprint density at radius 3 is 2.86 bits per heavy atom. The average molecular weight is 411 g/mol. The van der Waals surface area contributed by atoms with Gasteiger partial charge in [-0.1, -0.05) is 18.2 Å². The molecule has 1 aliphatic rings. The van der Waals surface area contributed by atoms with Gasteiger partial charge in [-0.25, -0.2) is 4.79 Å². The molecule has 5 rings (SSSR count). The molecule has 0 radical (unpaired) electrons. The normalized spacial score (nSPS) is 16.4. The molecule has 28 heavy (non-hydrogen) atoms. The minimum Gasteiger partial charge on any atom is -0.408 e. The van der Waals surface area contributed by atoms with E-state index >= 15 is 0 Å². The quantitative estimate of drug-likeness (QED) is 0.505. The molecule has 0 saturated heterocycles. The number of para-hydroxylation sites is 2. The smallest absolute Gasteiger partial charge is 0.408 e. The number of hydrogen-bond acceptors (Lipinski definition) is 5. The summed E-state index contributed by atoms with van der Waals surface area (Å²) in [5, 5.41) is 4.16. The fourth-order valence-electron chi connectivity index (χ4n) is 3.92. The number of carbonyl (C=O) groups excluding carboxylic acids is 1. The zero-order chi connectivity index (χ0) is 19.1. The van der Waals surface area contributed by atoms with Crippen molar-refractivity contribution in [2.45, 2.75) is 25.4 Å². The molecule has 0 saturated carbocycles. The molecule has 0 aliphatic carbocycles. The summed E-state index contributed by atoms with van der Waals surface area (Å²) < 4.78 is 6.83. The number of thiophene rings is 2. The Kier molecular flexibility index (Phi) is 4.41. The van der Waals surface area contributed by atoms with Crippen molar-refractivity contribution < 1.29 is 9.21 Å². The first-order chi connectivity index (χ1) is 13.7. The number of amides is 1. The molecule has 5 nitrogen and oxygen atoms in total. The molecule has 0 bridgehead atoms. The summed E-state index contributed by atoms with van der Waals surface area (Å²) >= 11 is 3.44. The maximum atomic E-state index is 13.2. The van der Waals surface area contributed by atoms with Crippen LogP contribution in [0.1, 0.15) is 27.8 Å². The van der Waals surface area contributed by atoms with Gasteiger partial charge in [-0.05, 0) is 47.0 Å². The van der Waals surface area contributed by atoms with Gasteiger partial charge in [0.1, 0.15) is 0 Å². The predicted octanol–water partition coefficient (Wildman–Crippen LogP) is 4.28. The van der Waals surface area contributed by atoms with Crippen LogP contribution in [-0.2, 0) is 17.8 Å². The van der Waals surface area contributed by atoms with Crippen molar-refractivity contribution in [3.8, 4) is 0 Å². The standard InChI is InChI=1S/C21H18N2O3S2/c24-19(8-11-22-15-4-1-2-5-16(15)26-21(22)25)23-10-7-17-14(9-13-28-17)20(23)18-6-3-12-27-18/h1-6,9,12-13,20H,7-8,10-11H2/t20-/m0/s1. The number of benzene rings is 1. The molecule has 3 aromatic heterocycles. The minimum absolute atomic E-state index is 0.0275. The highest BCUT2D eigenvalue weighted by Gasteiger charge is 2.33. The Hall–Kier alpha value is -2.64. The van der Waals surface area contributed by atoms with Gasteiger partial charge >= 0.3 is 5.76 Å². The van der Waals surface area contributed by atoms with Crippen molar-refractivity contribution in [3.05, 3.63) is 79.1 Å². The summed E-state index contributed by atoms with van der Waals surface area (Å²) in [5.41, 5.74) is 2.52. The zero-order valence-corrected chi connectivity index (χ0v) is 16.7. The van der Waals surface area contributed by atoms with E-state index in [4.69, 9.17) is 4.42 Å². The number of carbonyl (C=O) groups is 1. The van der Waals surface area contributed by atoms with Crippen LogP contribution >= 0.6 is 22.7 Å². The molecule has 1 amide bonds. The van der Waals surface area contributed by atoms with Gasteiger partial charge in [0.2, 0.25) is 5.91 Å². The van der Waals surface area contributed by atoms with Crippen LogP contribution in [0.2, 0.25) is 0 Å². The van der Waals surface area contributed by atoms with Gasteiger partial charge < -0.3 is 9.32 Å². The van der Waals surface area contributed by atoms with Gasteiger partial charge in [0.25, 0.3) is 0 Å². The summed E-state index contributed by atoms with van der Waals surface area (Å²) in [6.07, 6.45) is 1.15. The highest BCUT2D eigenvalue weighted by molar-refractivity contribution is 7.10. The number of fused-ring (bicyclic) bond motifs is 2. The van der Waals surface area contributed by atoms with E-state index in [0.29, 0.717) is 18.7 Å². The van der Waals surface area contributed by atoms with Crippen molar-refractivity contribution in [2.75, 3.05) is 6.54 Å². The molecule has 7 heteroatoms. The lowest BCUT2D eigenvalue weighted by atomic mass is 9.98. The van der Waals surface area contributed by atoms with E-state index in [2.05, 4.69) is 22.9 Å². The molecule has 142 valence electrons. The van der Waals surface area contributed by atoms with Gasteiger partial charge in [0.15, 0.2) is 5.58 Å². The fraction of sp³-hybridized carbons (Fsp3) is 0.238. The Bertz CT molecular complexity index is 1190. The van der Waals surface area contributed by atoms with E-state index in [1.54, 1.807) is 33.3 Å². The number of nitrogens with zero attached hydrogens (tertiary/aromatic N) is 2. The highest BCUT2D eigenvalue weighted by atomic mass is 32.1. The summed E-state index contributed by atoms with van der Waals surface area (Å²) in [7, 11) is 0. The average Bonchev–Trinajstić information content (AvgIpc) is 3.44. The Balaban J connectivity index is 1.41. The maximum absolute atomic E-state index is 13.2. The summed E-state index contributed by atoms with van der Waals surface area (Å²) in [6.45, 7) is 1.02. The van der Waals surface area contributed by atoms with Crippen LogP contribution in [0.5, 0.6) is 0 Å². The van der Waals surface area contributed by atoms with E-state index in [-0.39, 0.29) is 18.4 Å². The Morgan fingerprint density at radius 2 is 2.00 bits per heavy atom. The second-order valence-corrected chi connectivity index (χ2v) is 8.77. The Morgan fingerprint density at radius 1 is 1.11 bits per heavy atom. The van der Waals surface area contributed by atoms with Gasteiger partial charge in [0.05, 0.1) is 11.6 Å². The van der Waals surface area contributed by atoms with E-state index in [1.165, 1.54) is 15.3 Å². The summed E-state index contributed by atoms with van der Waals surface area (Å²) in [4.78, 5) is 29.9. The third kappa shape index (κ3) is 2.91. The first kappa shape index (κ1) is 17.5. The van der Waals surface area contributed by atoms with E-state index in [0.717, 1.165) is 11.9 Å². The number of aromatic nitrogens is 1. The van der Waals surface area contributed by atoms with Crippen LogP contribution in [0.15, 0.2) is 62.4 Å².